The van der Waals surface area contributed by atoms with E-state index in [0.29, 0.717) is 20.2 Å². The van der Waals surface area contributed by atoms with Crippen molar-refractivity contribution >= 4 is 51.9 Å². The number of thioether (sulfide) groups is 1. The van der Waals surface area contributed by atoms with Crippen LogP contribution in [0, 0.1) is 11.8 Å². The molecular weight excluding hydrogens is 472 g/mol. The van der Waals surface area contributed by atoms with E-state index in [-0.39, 0.29) is 18.0 Å². The third-order valence-electron chi connectivity index (χ3n) is 7.40. The lowest BCUT2D eigenvalue weighted by Crippen LogP contribution is -2.41. The molecule has 3 fully saturated rings. The van der Waals surface area contributed by atoms with Crippen molar-refractivity contribution in [2.45, 2.75) is 64.0 Å². The van der Waals surface area contributed by atoms with Gasteiger partial charge in [-0.05, 0) is 86.3 Å². The second-order valence-corrected chi connectivity index (χ2v) is 11.6. The highest BCUT2D eigenvalue weighted by Crippen LogP contribution is 2.49. The van der Waals surface area contributed by atoms with E-state index >= 15 is 0 Å². The third kappa shape index (κ3) is 4.68. The van der Waals surface area contributed by atoms with Crippen LogP contribution in [0.2, 0.25) is 5.02 Å². The van der Waals surface area contributed by atoms with Gasteiger partial charge in [-0.1, -0.05) is 48.9 Å². The van der Waals surface area contributed by atoms with E-state index in [4.69, 9.17) is 34.0 Å². The summed E-state index contributed by atoms with van der Waals surface area (Å²) >= 11 is 13.1. The normalized spacial score (nSPS) is 26.7. The summed E-state index contributed by atoms with van der Waals surface area (Å²) < 4.78 is 6.96. The largest absolute Gasteiger partial charge is 0.456 e. The topological polar surface area (TPSA) is 59.5 Å². The fraction of sp³-hybridized carbons (Fsp3) is 0.462. The number of hydrogen-bond acceptors (Lipinski definition) is 5. The van der Waals surface area contributed by atoms with Crippen LogP contribution >= 0.6 is 35.6 Å². The Morgan fingerprint density at radius 2 is 2.09 bits per heavy atom. The predicted octanol–water partition coefficient (Wildman–Crippen LogP) is 6.66. The quantitative estimate of drug-likeness (QED) is 0.340. The van der Waals surface area contributed by atoms with Crippen LogP contribution < -0.4 is 5.73 Å². The van der Waals surface area contributed by atoms with Crippen LogP contribution in [0.5, 0.6) is 0 Å². The molecule has 2 N–H and O–H groups in total. The number of halogens is 1. The third-order valence-corrected chi connectivity index (χ3v) is 8.98. The Morgan fingerprint density at radius 1 is 1.30 bits per heavy atom. The van der Waals surface area contributed by atoms with Gasteiger partial charge in [0, 0.05) is 28.7 Å². The van der Waals surface area contributed by atoms with Gasteiger partial charge in [0.1, 0.15) is 15.8 Å². The molecule has 1 aromatic heterocycles. The molecule has 4 nitrogen and oxygen atoms in total. The summed E-state index contributed by atoms with van der Waals surface area (Å²) in [6.07, 6.45) is 9.33. The highest BCUT2D eigenvalue weighted by atomic mass is 35.5. The number of carbonyl (C=O) groups is 1. The Labute approximate surface area is 209 Å². The first kappa shape index (κ1) is 23.2. The first-order valence-corrected chi connectivity index (χ1v) is 13.4. The van der Waals surface area contributed by atoms with Crippen LogP contribution in [0.25, 0.3) is 17.4 Å². The Hall–Kier alpha value is -1.60. The monoisotopic (exact) mass is 500 g/mol. The molecule has 1 amide bonds. The minimum Gasteiger partial charge on any atom is -0.456 e. The average Bonchev–Trinajstić information content (AvgIpc) is 3.57. The zero-order chi connectivity index (χ0) is 23.1. The van der Waals surface area contributed by atoms with Gasteiger partial charge < -0.3 is 10.2 Å². The standard InChI is InChI=1S/C26H29ClN2O2S2/c1-2-20(28)10-7-18-13-22(16-5-8-19(27)9-6-16)31-23(18)14-24-25(30)29(26(32)33-24)21-12-15-3-4-17(21)11-15/h5-6,8-9,13-15,17,20-21H,2-4,7,10-12,28H2,1H3/b24-14+. The van der Waals surface area contributed by atoms with Gasteiger partial charge in [0.2, 0.25) is 0 Å². The molecule has 1 saturated heterocycles. The number of aryl methyl sites for hydroxylation is 1. The van der Waals surface area contributed by atoms with Crippen molar-refractivity contribution in [2.24, 2.45) is 17.6 Å². The maximum absolute atomic E-state index is 13.4. The summed E-state index contributed by atoms with van der Waals surface area (Å²) in [5.74, 6) is 2.87. The molecule has 5 rings (SSSR count). The van der Waals surface area contributed by atoms with E-state index in [9.17, 15) is 4.79 Å². The molecule has 2 heterocycles. The minimum atomic E-state index is 0.0307. The average molecular weight is 501 g/mol. The van der Waals surface area contributed by atoms with Gasteiger partial charge in [-0.25, -0.2) is 0 Å². The number of fused-ring (bicyclic) bond motifs is 2. The summed E-state index contributed by atoms with van der Waals surface area (Å²) in [6, 6.07) is 10.1. The maximum Gasteiger partial charge on any atom is 0.266 e. The lowest BCUT2D eigenvalue weighted by Gasteiger charge is -2.30. The van der Waals surface area contributed by atoms with Crippen molar-refractivity contribution in [3.63, 3.8) is 0 Å². The van der Waals surface area contributed by atoms with Crippen molar-refractivity contribution in [1.29, 1.82) is 0 Å². The molecule has 2 saturated carbocycles. The molecule has 33 heavy (non-hydrogen) atoms. The van der Waals surface area contributed by atoms with Crippen LogP contribution in [0.1, 0.15) is 56.8 Å². The van der Waals surface area contributed by atoms with Crippen molar-refractivity contribution < 1.29 is 9.21 Å². The summed E-state index contributed by atoms with van der Waals surface area (Å²) in [4.78, 5) is 15.9. The Bertz CT molecular complexity index is 1090. The molecule has 0 radical (unpaired) electrons. The second-order valence-electron chi connectivity index (χ2n) is 9.51. The molecule has 3 aliphatic rings. The molecule has 174 valence electrons. The Kier molecular flexibility index (Phi) is 6.72. The van der Waals surface area contributed by atoms with Crippen LogP contribution in [0.4, 0.5) is 0 Å². The lowest BCUT2D eigenvalue weighted by molar-refractivity contribution is -0.124. The van der Waals surface area contributed by atoms with Crippen molar-refractivity contribution in [3.8, 4) is 11.3 Å². The highest BCUT2D eigenvalue weighted by molar-refractivity contribution is 8.26. The van der Waals surface area contributed by atoms with Gasteiger partial charge in [-0.15, -0.1) is 0 Å². The first-order chi connectivity index (χ1) is 15.9. The molecule has 2 bridgehead atoms. The SMILES string of the molecule is CCC(N)CCc1cc(-c2ccc(Cl)cc2)oc1/C=C1/SC(=S)N(C2CC3CCC2C3)C1=O. The number of amides is 1. The first-order valence-electron chi connectivity index (χ1n) is 11.8. The van der Waals surface area contributed by atoms with E-state index < -0.39 is 0 Å². The second kappa shape index (κ2) is 9.57. The fourth-order valence-electron chi connectivity index (χ4n) is 5.47. The van der Waals surface area contributed by atoms with Crippen LogP contribution in [0.3, 0.4) is 0 Å². The van der Waals surface area contributed by atoms with Crippen molar-refractivity contribution in [2.75, 3.05) is 0 Å². The Balaban J connectivity index is 1.43. The molecule has 1 aliphatic heterocycles. The van der Waals surface area contributed by atoms with Gasteiger partial charge in [-0.2, -0.15) is 0 Å². The zero-order valence-corrected chi connectivity index (χ0v) is 21.1. The van der Waals surface area contributed by atoms with Gasteiger partial charge in [0.25, 0.3) is 5.91 Å². The molecule has 4 unspecified atom stereocenters. The molecular formula is C26H29ClN2O2S2. The van der Waals surface area contributed by atoms with E-state index in [1.165, 1.54) is 31.0 Å². The van der Waals surface area contributed by atoms with Gasteiger partial charge in [0.05, 0.1) is 4.91 Å². The number of hydrogen-bond donors (Lipinski definition) is 1. The molecule has 1 aromatic carbocycles. The Morgan fingerprint density at radius 3 is 2.76 bits per heavy atom. The van der Waals surface area contributed by atoms with Crippen LogP contribution in [-0.2, 0) is 11.2 Å². The fourth-order valence-corrected chi connectivity index (χ4v) is 6.94. The number of rotatable bonds is 7. The van der Waals surface area contributed by atoms with E-state index in [2.05, 4.69) is 13.0 Å². The van der Waals surface area contributed by atoms with Crippen molar-refractivity contribution in [3.05, 3.63) is 51.6 Å². The summed E-state index contributed by atoms with van der Waals surface area (Å²) in [6.45, 7) is 2.10. The zero-order valence-electron chi connectivity index (χ0n) is 18.8. The van der Waals surface area contributed by atoms with E-state index in [0.717, 1.165) is 54.2 Å². The van der Waals surface area contributed by atoms with E-state index in [1.807, 2.05) is 35.2 Å². The van der Waals surface area contributed by atoms with Crippen LogP contribution in [-0.4, -0.2) is 27.2 Å². The molecule has 4 atom stereocenters. The maximum atomic E-state index is 13.4. The van der Waals surface area contributed by atoms with E-state index in [1.54, 1.807) is 0 Å². The van der Waals surface area contributed by atoms with Crippen LogP contribution in [0.15, 0.2) is 39.7 Å². The number of nitrogens with zero attached hydrogens (tertiary/aromatic N) is 1. The minimum absolute atomic E-state index is 0.0307. The number of benzene rings is 1. The molecule has 2 aromatic rings. The molecule has 7 heteroatoms. The van der Waals surface area contributed by atoms with Gasteiger partial charge in [0.15, 0.2) is 0 Å². The molecule has 2 aliphatic carbocycles. The van der Waals surface area contributed by atoms with Gasteiger partial charge >= 0.3 is 0 Å². The smallest absolute Gasteiger partial charge is 0.266 e. The number of furan rings is 1. The number of nitrogens with two attached hydrogens (primary N) is 1. The molecule has 0 spiro atoms. The highest BCUT2D eigenvalue weighted by Gasteiger charge is 2.48. The summed E-state index contributed by atoms with van der Waals surface area (Å²) in [5.41, 5.74) is 8.20. The summed E-state index contributed by atoms with van der Waals surface area (Å²) in [5, 5.41) is 0.684. The summed E-state index contributed by atoms with van der Waals surface area (Å²) in [7, 11) is 0. The number of thiocarbonyl (C=S) groups is 1. The number of carbonyl (C=O) groups excluding carboxylic acids is 1. The van der Waals surface area contributed by atoms with Crippen molar-refractivity contribution in [1.82, 2.24) is 4.90 Å². The predicted molar refractivity (Wildman–Crippen MR) is 140 cm³/mol. The van der Waals surface area contributed by atoms with Gasteiger partial charge in [-0.3, -0.25) is 9.69 Å². The lowest BCUT2D eigenvalue weighted by atomic mass is 9.94.